The van der Waals surface area contributed by atoms with Crippen molar-refractivity contribution in [3.05, 3.63) is 62.5 Å². The largest absolute Gasteiger partial charge is 0.456 e. The zero-order chi connectivity index (χ0) is 20.2. The van der Waals surface area contributed by atoms with Crippen LogP contribution in [-0.2, 0) is 23.5 Å². The van der Waals surface area contributed by atoms with Gasteiger partial charge in [0.25, 0.3) is 5.56 Å². The number of hydrogen-bond acceptors (Lipinski definition) is 9. The number of ether oxygens (including phenoxy) is 1. The first-order valence-electron chi connectivity index (χ1n) is 9.08. The van der Waals surface area contributed by atoms with E-state index in [1.54, 1.807) is 29.6 Å². The fourth-order valence-corrected chi connectivity index (χ4v) is 5.59. The van der Waals surface area contributed by atoms with Gasteiger partial charge in [-0.15, -0.1) is 0 Å². The molecule has 0 unspecified atom stereocenters. The molecular weight excluding hydrogens is 428 g/mol. The molecule has 0 saturated heterocycles. The van der Waals surface area contributed by atoms with E-state index in [4.69, 9.17) is 4.74 Å². The van der Waals surface area contributed by atoms with Crippen LogP contribution in [0.25, 0.3) is 4.96 Å². The molecule has 7 nitrogen and oxygen atoms in total. The molecule has 0 atom stereocenters. The Morgan fingerprint density at radius 1 is 1.34 bits per heavy atom. The van der Waals surface area contributed by atoms with Crippen molar-refractivity contribution in [3.63, 3.8) is 0 Å². The van der Waals surface area contributed by atoms with Gasteiger partial charge in [0.05, 0.1) is 17.8 Å². The zero-order valence-corrected chi connectivity index (χ0v) is 18.1. The molecule has 10 heteroatoms. The molecule has 0 amide bonds. The van der Waals surface area contributed by atoms with Gasteiger partial charge in [-0.2, -0.15) is 9.61 Å². The second kappa shape index (κ2) is 9.10. The predicted octanol–water partition coefficient (Wildman–Crippen LogP) is 3.41. The van der Waals surface area contributed by atoms with E-state index in [0.29, 0.717) is 22.0 Å². The molecular formula is C19H18N4O3S3. The molecule has 150 valence electrons. The van der Waals surface area contributed by atoms with Crippen LogP contribution >= 0.6 is 34.9 Å². The Hall–Kier alpha value is -2.17. The summed E-state index contributed by atoms with van der Waals surface area (Å²) in [5.41, 5.74) is 1.56. The number of thioether (sulfide) groups is 2. The first-order chi connectivity index (χ1) is 14.1. The molecule has 0 fully saturated rings. The molecule has 29 heavy (non-hydrogen) atoms. The fourth-order valence-electron chi connectivity index (χ4n) is 2.72. The summed E-state index contributed by atoms with van der Waals surface area (Å²) in [5, 5.41) is 5.05. The van der Waals surface area contributed by atoms with Crippen LogP contribution in [0.5, 0.6) is 0 Å². The molecule has 4 rings (SSSR count). The molecule has 0 N–H and O–H groups in total. The second-order valence-electron chi connectivity index (χ2n) is 6.15. The number of esters is 1. The molecule has 0 spiro atoms. The molecule has 0 aliphatic carbocycles. The third kappa shape index (κ3) is 4.71. The average molecular weight is 447 g/mol. The number of carbonyl (C=O) groups is 1. The van der Waals surface area contributed by atoms with E-state index in [1.807, 2.05) is 25.1 Å². The Balaban J connectivity index is 1.46. The van der Waals surface area contributed by atoms with Gasteiger partial charge in [-0.3, -0.25) is 9.79 Å². The van der Waals surface area contributed by atoms with Gasteiger partial charge in [-0.05, 0) is 18.1 Å². The third-order valence-corrected chi connectivity index (χ3v) is 7.49. The van der Waals surface area contributed by atoms with E-state index in [1.165, 1.54) is 21.9 Å². The lowest BCUT2D eigenvalue weighted by molar-refractivity contribution is 0.0467. The van der Waals surface area contributed by atoms with E-state index < -0.39 is 5.97 Å². The number of rotatable bonds is 6. The van der Waals surface area contributed by atoms with Crippen molar-refractivity contribution in [2.45, 2.75) is 25.7 Å². The van der Waals surface area contributed by atoms with Crippen molar-refractivity contribution in [1.82, 2.24) is 14.6 Å². The number of aryl methyl sites for hydroxylation is 1. The highest BCUT2D eigenvalue weighted by Gasteiger charge is 2.16. The van der Waals surface area contributed by atoms with Gasteiger partial charge >= 0.3 is 5.97 Å². The Labute approximate surface area is 179 Å². The molecule has 0 saturated carbocycles. The molecule has 0 bridgehead atoms. The zero-order valence-electron chi connectivity index (χ0n) is 15.7. The van der Waals surface area contributed by atoms with Gasteiger partial charge in [-0.25, -0.2) is 9.78 Å². The van der Waals surface area contributed by atoms with Crippen LogP contribution in [0.4, 0.5) is 0 Å². The average Bonchev–Trinajstić information content (AvgIpc) is 3.40. The predicted molar refractivity (Wildman–Crippen MR) is 118 cm³/mol. The topological polar surface area (TPSA) is 85.9 Å². The fraction of sp³-hybridized carbons (Fsp3) is 0.316. The lowest BCUT2D eigenvalue weighted by Gasteiger charge is -2.09. The maximum Gasteiger partial charge on any atom is 0.338 e. The summed E-state index contributed by atoms with van der Waals surface area (Å²) in [6.07, 6.45) is 0.734. The number of nitrogens with zero attached hydrogens (tertiary/aromatic N) is 4. The molecule has 1 aliphatic rings. The minimum atomic E-state index is -0.428. The summed E-state index contributed by atoms with van der Waals surface area (Å²) in [5.74, 6) is 1.24. The standard InChI is InChI=1S/C19H18N4O3S3/c1-2-15-22-23-16(24)9-13(21-18(23)29-15)10-26-17(25)14-6-4-3-5-12(14)11-28-19-20-7-8-27-19/h3-6,9H,2,7-8,10-11H2,1H3. The minimum absolute atomic E-state index is 0.0615. The van der Waals surface area contributed by atoms with E-state index in [2.05, 4.69) is 15.1 Å². The van der Waals surface area contributed by atoms with E-state index in [-0.39, 0.29) is 12.2 Å². The highest BCUT2D eigenvalue weighted by Crippen LogP contribution is 2.26. The van der Waals surface area contributed by atoms with E-state index in [9.17, 15) is 9.59 Å². The van der Waals surface area contributed by atoms with E-state index in [0.717, 1.165) is 33.7 Å². The van der Waals surface area contributed by atoms with Gasteiger partial charge in [0.15, 0.2) is 0 Å². The number of benzene rings is 1. The second-order valence-corrected chi connectivity index (χ2v) is 9.49. The van der Waals surface area contributed by atoms with Crippen molar-refractivity contribution in [1.29, 1.82) is 0 Å². The summed E-state index contributed by atoms with van der Waals surface area (Å²) in [7, 11) is 0. The number of carbonyl (C=O) groups excluding carboxylic acids is 1. The Morgan fingerprint density at radius 3 is 3.00 bits per heavy atom. The highest BCUT2D eigenvalue weighted by molar-refractivity contribution is 8.38. The highest BCUT2D eigenvalue weighted by atomic mass is 32.2. The van der Waals surface area contributed by atoms with Crippen molar-refractivity contribution < 1.29 is 9.53 Å². The molecule has 2 aromatic heterocycles. The van der Waals surface area contributed by atoms with Gasteiger partial charge in [0, 0.05) is 17.6 Å². The lowest BCUT2D eigenvalue weighted by Crippen LogP contribution is -2.17. The SMILES string of the molecule is CCc1nn2c(=O)cc(COC(=O)c3ccccc3CSC3=NCCS3)nc2s1. The third-order valence-electron chi connectivity index (χ3n) is 4.14. The smallest absolute Gasteiger partial charge is 0.338 e. The monoisotopic (exact) mass is 446 g/mol. The number of fused-ring (bicyclic) bond motifs is 1. The summed E-state index contributed by atoms with van der Waals surface area (Å²) in [6, 6.07) is 8.75. The first-order valence-corrected chi connectivity index (χ1v) is 11.9. The van der Waals surface area contributed by atoms with Crippen LogP contribution < -0.4 is 5.56 Å². The van der Waals surface area contributed by atoms with Crippen LogP contribution in [0.2, 0.25) is 0 Å². The van der Waals surface area contributed by atoms with Gasteiger partial charge < -0.3 is 4.74 Å². The van der Waals surface area contributed by atoms with Gasteiger partial charge in [-0.1, -0.05) is 60.0 Å². The van der Waals surface area contributed by atoms with Crippen LogP contribution in [-0.4, -0.2) is 37.2 Å². The van der Waals surface area contributed by atoms with Crippen molar-refractivity contribution >= 4 is 50.2 Å². The van der Waals surface area contributed by atoms with Crippen LogP contribution in [0, 0.1) is 0 Å². The number of hydrogen-bond donors (Lipinski definition) is 0. The number of aliphatic imine (C=N–C) groups is 1. The van der Waals surface area contributed by atoms with E-state index >= 15 is 0 Å². The van der Waals surface area contributed by atoms with Gasteiger partial charge in [0.2, 0.25) is 4.96 Å². The Kier molecular flexibility index (Phi) is 6.31. The lowest BCUT2D eigenvalue weighted by atomic mass is 10.1. The summed E-state index contributed by atoms with van der Waals surface area (Å²) in [4.78, 5) is 34.2. The molecule has 3 aromatic rings. The van der Waals surface area contributed by atoms with Crippen molar-refractivity contribution in [2.75, 3.05) is 12.3 Å². The minimum Gasteiger partial charge on any atom is -0.456 e. The Bertz CT molecular complexity index is 1140. The summed E-state index contributed by atoms with van der Waals surface area (Å²) >= 11 is 4.74. The molecule has 1 aliphatic heterocycles. The maximum atomic E-state index is 12.6. The van der Waals surface area contributed by atoms with Gasteiger partial charge in [0.1, 0.15) is 16.0 Å². The quantitative estimate of drug-likeness (QED) is 0.536. The summed E-state index contributed by atoms with van der Waals surface area (Å²) in [6.45, 7) is 2.76. The maximum absolute atomic E-state index is 12.6. The Morgan fingerprint density at radius 2 is 2.21 bits per heavy atom. The molecule has 0 radical (unpaired) electrons. The van der Waals surface area contributed by atoms with Crippen LogP contribution in [0.3, 0.4) is 0 Å². The van der Waals surface area contributed by atoms with Crippen molar-refractivity contribution in [3.8, 4) is 0 Å². The van der Waals surface area contributed by atoms with Crippen LogP contribution in [0.15, 0.2) is 40.1 Å². The number of aromatic nitrogens is 3. The summed E-state index contributed by atoms with van der Waals surface area (Å²) < 4.78 is 7.79. The molecule has 3 heterocycles. The first kappa shape index (κ1) is 20.1. The normalized spacial score (nSPS) is 13.6. The van der Waals surface area contributed by atoms with Crippen molar-refractivity contribution in [2.24, 2.45) is 4.99 Å². The molecule has 1 aromatic carbocycles. The van der Waals surface area contributed by atoms with Crippen LogP contribution in [0.1, 0.15) is 33.5 Å².